The molecule has 26 heavy (non-hydrogen) atoms. The summed E-state index contributed by atoms with van der Waals surface area (Å²) in [5, 5.41) is 14.4. The van der Waals surface area contributed by atoms with E-state index in [1.165, 1.54) is 0 Å². The SMILES string of the molecule is CNC(=O)CCN(C)c1cc(NCCC(=O)O)nc(-c2ccccn2)n1. The van der Waals surface area contributed by atoms with Crippen LogP contribution in [0.5, 0.6) is 0 Å². The summed E-state index contributed by atoms with van der Waals surface area (Å²) in [6, 6.07) is 7.16. The molecule has 0 aromatic carbocycles. The molecular weight excluding hydrogens is 336 g/mol. The van der Waals surface area contributed by atoms with Gasteiger partial charge in [-0.3, -0.25) is 14.6 Å². The van der Waals surface area contributed by atoms with Gasteiger partial charge in [0, 0.05) is 45.9 Å². The Bertz CT molecular complexity index is 753. The first-order chi connectivity index (χ1) is 12.5. The second-order valence-electron chi connectivity index (χ2n) is 5.57. The summed E-state index contributed by atoms with van der Waals surface area (Å²) in [6.45, 7) is 0.725. The van der Waals surface area contributed by atoms with Crippen LogP contribution in [-0.2, 0) is 9.59 Å². The lowest BCUT2D eigenvalue weighted by molar-refractivity contribution is -0.136. The van der Waals surface area contributed by atoms with Gasteiger partial charge in [0.25, 0.3) is 0 Å². The van der Waals surface area contributed by atoms with Gasteiger partial charge >= 0.3 is 5.97 Å². The van der Waals surface area contributed by atoms with Crippen molar-refractivity contribution in [3.63, 3.8) is 0 Å². The van der Waals surface area contributed by atoms with E-state index < -0.39 is 5.97 Å². The fraction of sp³-hybridized carbons (Fsp3) is 0.353. The van der Waals surface area contributed by atoms with Gasteiger partial charge in [0.1, 0.15) is 17.3 Å². The Hall–Kier alpha value is -3.23. The quantitative estimate of drug-likeness (QED) is 0.607. The van der Waals surface area contributed by atoms with E-state index >= 15 is 0 Å². The monoisotopic (exact) mass is 358 g/mol. The lowest BCUT2D eigenvalue weighted by Crippen LogP contribution is -2.27. The molecule has 0 aliphatic heterocycles. The molecule has 3 N–H and O–H groups in total. The van der Waals surface area contributed by atoms with E-state index in [1.54, 1.807) is 31.4 Å². The molecule has 138 valence electrons. The Balaban J connectivity index is 2.24. The normalized spacial score (nSPS) is 10.2. The number of amides is 1. The second kappa shape index (κ2) is 9.30. The van der Waals surface area contributed by atoms with Crippen molar-refractivity contribution in [3.05, 3.63) is 30.5 Å². The van der Waals surface area contributed by atoms with Crippen molar-refractivity contribution in [3.8, 4) is 11.5 Å². The summed E-state index contributed by atoms with van der Waals surface area (Å²) < 4.78 is 0. The van der Waals surface area contributed by atoms with E-state index in [9.17, 15) is 9.59 Å². The number of carbonyl (C=O) groups excluding carboxylic acids is 1. The van der Waals surface area contributed by atoms with Crippen LogP contribution < -0.4 is 15.5 Å². The largest absolute Gasteiger partial charge is 0.481 e. The summed E-state index contributed by atoms with van der Waals surface area (Å²) >= 11 is 0. The number of carboxylic acid groups (broad SMARTS) is 1. The zero-order chi connectivity index (χ0) is 18.9. The first-order valence-electron chi connectivity index (χ1n) is 8.17. The smallest absolute Gasteiger partial charge is 0.305 e. The minimum Gasteiger partial charge on any atom is -0.481 e. The summed E-state index contributed by atoms with van der Waals surface area (Å²) in [4.78, 5) is 37.2. The number of pyridine rings is 1. The predicted octanol–water partition coefficient (Wildman–Crippen LogP) is 0.997. The van der Waals surface area contributed by atoms with Crippen LogP contribution in [0.4, 0.5) is 11.6 Å². The lowest BCUT2D eigenvalue weighted by Gasteiger charge is -2.19. The molecule has 2 aromatic heterocycles. The Labute approximate surface area is 151 Å². The van der Waals surface area contributed by atoms with Gasteiger partial charge in [-0.1, -0.05) is 6.07 Å². The number of hydrogen-bond acceptors (Lipinski definition) is 7. The van der Waals surface area contributed by atoms with E-state index in [0.29, 0.717) is 36.1 Å². The number of carbonyl (C=O) groups is 2. The number of anilines is 2. The summed E-state index contributed by atoms with van der Waals surface area (Å²) in [7, 11) is 3.42. The molecule has 9 nitrogen and oxygen atoms in total. The molecule has 2 rings (SSSR count). The van der Waals surface area contributed by atoms with Crippen molar-refractivity contribution in [2.24, 2.45) is 0 Å². The van der Waals surface area contributed by atoms with Crippen LogP contribution in [0.15, 0.2) is 30.5 Å². The fourth-order valence-electron chi connectivity index (χ4n) is 2.14. The van der Waals surface area contributed by atoms with Gasteiger partial charge in [-0.2, -0.15) is 0 Å². The summed E-state index contributed by atoms with van der Waals surface area (Å²) in [5.41, 5.74) is 0.607. The highest BCUT2D eigenvalue weighted by Gasteiger charge is 2.12. The summed E-state index contributed by atoms with van der Waals surface area (Å²) in [6.07, 6.45) is 1.96. The van der Waals surface area contributed by atoms with Crippen molar-refractivity contribution in [1.29, 1.82) is 0 Å². The van der Waals surface area contributed by atoms with Crippen LogP contribution >= 0.6 is 0 Å². The van der Waals surface area contributed by atoms with Crippen LogP contribution in [0.3, 0.4) is 0 Å². The zero-order valence-corrected chi connectivity index (χ0v) is 14.8. The average molecular weight is 358 g/mol. The van der Waals surface area contributed by atoms with E-state index in [4.69, 9.17) is 5.11 Å². The second-order valence-corrected chi connectivity index (χ2v) is 5.57. The highest BCUT2D eigenvalue weighted by atomic mass is 16.4. The van der Waals surface area contributed by atoms with E-state index in [1.807, 2.05) is 18.0 Å². The number of aliphatic carboxylic acids is 1. The van der Waals surface area contributed by atoms with Gasteiger partial charge in [-0.15, -0.1) is 0 Å². The maximum Gasteiger partial charge on any atom is 0.305 e. The van der Waals surface area contributed by atoms with Gasteiger partial charge in [-0.25, -0.2) is 9.97 Å². The molecule has 9 heteroatoms. The van der Waals surface area contributed by atoms with Crippen LogP contribution in [0.1, 0.15) is 12.8 Å². The first-order valence-corrected chi connectivity index (χ1v) is 8.17. The molecule has 0 bridgehead atoms. The number of nitrogens with zero attached hydrogens (tertiary/aromatic N) is 4. The number of nitrogens with one attached hydrogen (secondary N) is 2. The number of hydrogen-bond donors (Lipinski definition) is 3. The van der Waals surface area contributed by atoms with Gasteiger partial charge in [0.15, 0.2) is 5.82 Å². The van der Waals surface area contributed by atoms with Crippen molar-refractivity contribution < 1.29 is 14.7 Å². The Kier molecular flexibility index (Phi) is 6.84. The molecule has 0 fully saturated rings. The van der Waals surface area contributed by atoms with Crippen LogP contribution in [0.25, 0.3) is 11.5 Å². The fourth-order valence-corrected chi connectivity index (χ4v) is 2.14. The zero-order valence-electron chi connectivity index (χ0n) is 14.8. The van der Waals surface area contributed by atoms with Gasteiger partial charge in [0.05, 0.1) is 6.42 Å². The molecule has 0 saturated carbocycles. The first kappa shape index (κ1) is 19.1. The molecule has 0 aliphatic rings. The summed E-state index contributed by atoms with van der Waals surface area (Å²) in [5.74, 6) is 0.592. The van der Waals surface area contributed by atoms with Crippen LogP contribution in [0.2, 0.25) is 0 Å². The molecule has 0 radical (unpaired) electrons. The third-order valence-electron chi connectivity index (χ3n) is 3.60. The number of carboxylic acids is 1. The predicted molar refractivity (Wildman–Crippen MR) is 98.0 cm³/mol. The maximum absolute atomic E-state index is 11.5. The third-order valence-corrected chi connectivity index (χ3v) is 3.60. The molecule has 2 heterocycles. The van der Waals surface area contributed by atoms with Gasteiger partial charge in [0.2, 0.25) is 5.91 Å². The van der Waals surface area contributed by atoms with E-state index in [-0.39, 0.29) is 18.9 Å². The molecule has 0 aliphatic carbocycles. The van der Waals surface area contributed by atoms with Gasteiger partial charge in [-0.05, 0) is 12.1 Å². The van der Waals surface area contributed by atoms with E-state index in [2.05, 4.69) is 25.6 Å². The number of rotatable bonds is 9. The minimum absolute atomic E-state index is 0.0230. The molecule has 0 unspecified atom stereocenters. The highest BCUT2D eigenvalue weighted by Crippen LogP contribution is 2.20. The molecule has 0 saturated heterocycles. The maximum atomic E-state index is 11.5. The Morgan fingerprint density at radius 1 is 1.23 bits per heavy atom. The third kappa shape index (κ3) is 5.69. The van der Waals surface area contributed by atoms with Crippen molar-refractivity contribution in [2.75, 3.05) is 37.4 Å². The molecule has 0 atom stereocenters. The molecule has 2 aromatic rings. The topological polar surface area (TPSA) is 120 Å². The standard InChI is InChI=1S/C17H22N6O3/c1-18-15(24)7-10-23(2)14-11-13(20-9-6-16(25)26)21-17(22-14)12-5-3-4-8-19-12/h3-5,8,11H,6-7,9-10H2,1-2H3,(H,18,24)(H,25,26)(H,20,21,22). The van der Waals surface area contributed by atoms with Crippen molar-refractivity contribution in [2.45, 2.75) is 12.8 Å². The molecule has 1 amide bonds. The molecular formula is C17H22N6O3. The minimum atomic E-state index is -0.889. The Morgan fingerprint density at radius 3 is 2.69 bits per heavy atom. The lowest BCUT2D eigenvalue weighted by atomic mass is 10.3. The van der Waals surface area contributed by atoms with Crippen molar-refractivity contribution in [1.82, 2.24) is 20.3 Å². The number of aromatic nitrogens is 3. The molecule has 0 spiro atoms. The van der Waals surface area contributed by atoms with Crippen LogP contribution in [-0.4, -0.2) is 59.1 Å². The highest BCUT2D eigenvalue weighted by molar-refractivity contribution is 5.76. The van der Waals surface area contributed by atoms with Crippen LogP contribution in [0, 0.1) is 0 Å². The van der Waals surface area contributed by atoms with E-state index in [0.717, 1.165) is 0 Å². The average Bonchev–Trinajstić information content (AvgIpc) is 2.66. The Morgan fingerprint density at radius 2 is 2.04 bits per heavy atom. The van der Waals surface area contributed by atoms with Gasteiger partial charge < -0.3 is 20.6 Å². The van der Waals surface area contributed by atoms with Crippen molar-refractivity contribution >= 4 is 23.5 Å².